The summed E-state index contributed by atoms with van der Waals surface area (Å²) in [6, 6.07) is 7.44. The van der Waals surface area contributed by atoms with Crippen LogP contribution in [-0.2, 0) is 0 Å². The van der Waals surface area contributed by atoms with Crippen molar-refractivity contribution in [3.8, 4) is 11.6 Å². The lowest BCUT2D eigenvalue weighted by molar-refractivity contribution is 0.0779. The standard InChI is InChI=1S/C18H20N4O2/c19-16-5-4-13-10-22(11-15(13)16)18(23)12-2-1-3-14(8-12)24-17-9-20-6-7-21-17/h1-3,6-9,13,15-16H,4-5,10-11,19H2. The zero-order valence-corrected chi connectivity index (χ0v) is 13.3. The van der Waals surface area contributed by atoms with Crippen LogP contribution in [0, 0.1) is 11.8 Å². The van der Waals surface area contributed by atoms with E-state index in [0.29, 0.717) is 29.0 Å². The minimum atomic E-state index is 0.0428. The van der Waals surface area contributed by atoms with Crippen molar-refractivity contribution in [2.75, 3.05) is 13.1 Å². The van der Waals surface area contributed by atoms with Crippen molar-refractivity contribution in [1.29, 1.82) is 0 Å². The van der Waals surface area contributed by atoms with Gasteiger partial charge in [-0.3, -0.25) is 9.78 Å². The molecule has 1 aliphatic heterocycles. The van der Waals surface area contributed by atoms with Gasteiger partial charge >= 0.3 is 0 Å². The van der Waals surface area contributed by atoms with Gasteiger partial charge in [0.2, 0.25) is 5.88 Å². The lowest BCUT2D eigenvalue weighted by Gasteiger charge is -2.19. The average molecular weight is 324 g/mol. The monoisotopic (exact) mass is 324 g/mol. The summed E-state index contributed by atoms with van der Waals surface area (Å²) in [7, 11) is 0. The molecule has 3 atom stereocenters. The Labute approximate surface area is 140 Å². The molecule has 1 aliphatic carbocycles. The Morgan fingerprint density at radius 1 is 1.25 bits per heavy atom. The molecule has 24 heavy (non-hydrogen) atoms. The number of carbonyl (C=O) groups is 1. The quantitative estimate of drug-likeness (QED) is 0.935. The summed E-state index contributed by atoms with van der Waals surface area (Å²) in [5.74, 6) is 2.04. The number of benzene rings is 1. The number of nitrogens with two attached hydrogens (primary N) is 1. The molecule has 0 bridgehead atoms. The first-order chi connectivity index (χ1) is 11.7. The summed E-state index contributed by atoms with van der Waals surface area (Å²) >= 11 is 0. The molecule has 1 amide bonds. The molecule has 2 fully saturated rings. The SMILES string of the molecule is NC1CCC2CN(C(=O)c3cccc(Oc4cnccn4)c3)CC12. The largest absolute Gasteiger partial charge is 0.437 e. The Morgan fingerprint density at radius 3 is 2.96 bits per heavy atom. The number of carbonyl (C=O) groups excluding carboxylic acids is 1. The van der Waals surface area contributed by atoms with Gasteiger partial charge < -0.3 is 15.4 Å². The van der Waals surface area contributed by atoms with E-state index in [9.17, 15) is 4.79 Å². The fraction of sp³-hybridized carbons (Fsp3) is 0.389. The van der Waals surface area contributed by atoms with Crippen molar-refractivity contribution in [2.45, 2.75) is 18.9 Å². The smallest absolute Gasteiger partial charge is 0.254 e. The number of ether oxygens (including phenoxy) is 1. The second kappa shape index (κ2) is 6.20. The van der Waals surface area contributed by atoms with Gasteiger partial charge in [-0.05, 0) is 42.9 Å². The maximum absolute atomic E-state index is 12.8. The van der Waals surface area contributed by atoms with Crippen molar-refractivity contribution < 1.29 is 9.53 Å². The van der Waals surface area contributed by atoms with Crippen molar-refractivity contribution in [3.63, 3.8) is 0 Å². The molecule has 1 saturated carbocycles. The van der Waals surface area contributed by atoms with E-state index in [1.807, 2.05) is 17.0 Å². The highest BCUT2D eigenvalue weighted by atomic mass is 16.5. The van der Waals surface area contributed by atoms with E-state index in [1.165, 1.54) is 6.20 Å². The molecule has 2 aliphatic rings. The first-order valence-corrected chi connectivity index (χ1v) is 8.29. The first-order valence-electron chi connectivity index (χ1n) is 8.29. The van der Waals surface area contributed by atoms with Crippen molar-refractivity contribution in [2.24, 2.45) is 17.6 Å². The van der Waals surface area contributed by atoms with Gasteiger partial charge in [0, 0.05) is 37.1 Å². The van der Waals surface area contributed by atoms with Gasteiger partial charge in [0.05, 0.1) is 6.20 Å². The number of rotatable bonds is 3. The van der Waals surface area contributed by atoms with E-state index in [4.69, 9.17) is 10.5 Å². The Morgan fingerprint density at radius 2 is 2.17 bits per heavy atom. The predicted molar refractivity (Wildman–Crippen MR) is 88.6 cm³/mol. The third-order valence-electron chi connectivity index (χ3n) is 5.04. The first kappa shape index (κ1) is 15.1. The molecule has 2 aromatic rings. The molecule has 2 N–H and O–H groups in total. The van der Waals surface area contributed by atoms with Gasteiger partial charge in [-0.2, -0.15) is 0 Å². The molecule has 0 radical (unpaired) electrons. The predicted octanol–water partition coefficient (Wildman–Crippen LogP) is 2.08. The number of nitrogens with zero attached hydrogens (tertiary/aromatic N) is 3. The van der Waals surface area contributed by atoms with E-state index in [2.05, 4.69) is 9.97 Å². The van der Waals surface area contributed by atoms with Gasteiger partial charge in [0.1, 0.15) is 5.75 Å². The molecule has 2 heterocycles. The van der Waals surface area contributed by atoms with E-state index >= 15 is 0 Å². The minimum Gasteiger partial charge on any atom is -0.437 e. The van der Waals surface area contributed by atoms with Crippen LogP contribution in [0.15, 0.2) is 42.9 Å². The molecule has 1 aromatic carbocycles. The maximum atomic E-state index is 12.8. The van der Waals surface area contributed by atoms with Gasteiger partial charge in [-0.15, -0.1) is 0 Å². The Bertz CT molecular complexity index is 737. The van der Waals surface area contributed by atoms with Crippen LogP contribution in [0.2, 0.25) is 0 Å². The molecule has 1 aromatic heterocycles. The zero-order valence-electron chi connectivity index (χ0n) is 13.3. The van der Waals surface area contributed by atoms with Crippen LogP contribution in [0.4, 0.5) is 0 Å². The van der Waals surface area contributed by atoms with Gasteiger partial charge in [-0.1, -0.05) is 6.07 Å². The van der Waals surface area contributed by atoms with Crippen molar-refractivity contribution in [1.82, 2.24) is 14.9 Å². The van der Waals surface area contributed by atoms with Crippen LogP contribution < -0.4 is 10.5 Å². The minimum absolute atomic E-state index is 0.0428. The lowest BCUT2D eigenvalue weighted by atomic mass is 9.98. The number of aromatic nitrogens is 2. The molecular formula is C18H20N4O2. The summed E-state index contributed by atoms with van der Waals surface area (Å²) in [5.41, 5.74) is 6.79. The second-order valence-corrected chi connectivity index (χ2v) is 6.55. The summed E-state index contributed by atoms with van der Waals surface area (Å²) in [4.78, 5) is 22.8. The number of hydrogen-bond acceptors (Lipinski definition) is 5. The molecule has 0 spiro atoms. The Balaban J connectivity index is 1.48. The van der Waals surface area contributed by atoms with Crippen LogP contribution in [0.25, 0.3) is 0 Å². The number of fused-ring (bicyclic) bond motifs is 1. The third-order valence-corrected chi connectivity index (χ3v) is 5.04. The number of hydrogen-bond donors (Lipinski definition) is 1. The van der Waals surface area contributed by atoms with Gasteiger partial charge in [0.15, 0.2) is 0 Å². The maximum Gasteiger partial charge on any atom is 0.254 e. The summed E-state index contributed by atoms with van der Waals surface area (Å²) in [5, 5.41) is 0. The van der Waals surface area contributed by atoms with Crippen LogP contribution in [0.5, 0.6) is 11.6 Å². The van der Waals surface area contributed by atoms with Gasteiger partial charge in [-0.25, -0.2) is 4.98 Å². The van der Waals surface area contributed by atoms with E-state index in [0.717, 1.165) is 25.9 Å². The van der Waals surface area contributed by atoms with Crippen molar-refractivity contribution >= 4 is 5.91 Å². The lowest BCUT2D eigenvalue weighted by Crippen LogP contribution is -2.33. The Hall–Kier alpha value is -2.47. The number of amides is 1. The molecule has 3 unspecified atom stereocenters. The van der Waals surface area contributed by atoms with E-state index < -0.39 is 0 Å². The molecule has 4 rings (SSSR count). The highest BCUT2D eigenvalue weighted by molar-refractivity contribution is 5.94. The zero-order chi connectivity index (χ0) is 16.5. The highest BCUT2D eigenvalue weighted by Crippen LogP contribution is 2.37. The summed E-state index contributed by atoms with van der Waals surface area (Å²) < 4.78 is 5.66. The van der Waals surface area contributed by atoms with Crippen LogP contribution in [0.3, 0.4) is 0 Å². The van der Waals surface area contributed by atoms with Crippen molar-refractivity contribution in [3.05, 3.63) is 48.4 Å². The third kappa shape index (κ3) is 2.85. The van der Waals surface area contributed by atoms with E-state index in [1.54, 1.807) is 24.5 Å². The van der Waals surface area contributed by atoms with Gasteiger partial charge in [0.25, 0.3) is 5.91 Å². The fourth-order valence-corrected chi connectivity index (χ4v) is 3.81. The topological polar surface area (TPSA) is 81.3 Å². The molecule has 1 saturated heterocycles. The fourth-order valence-electron chi connectivity index (χ4n) is 3.81. The normalized spacial score (nSPS) is 25.5. The van der Waals surface area contributed by atoms with Crippen LogP contribution in [0.1, 0.15) is 23.2 Å². The molecular weight excluding hydrogens is 304 g/mol. The molecule has 6 heteroatoms. The van der Waals surface area contributed by atoms with E-state index in [-0.39, 0.29) is 11.9 Å². The summed E-state index contributed by atoms with van der Waals surface area (Å²) in [6.07, 6.45) is 6.90. The molecule has 6 nitrogen and oxygen atoms in total. The Kier molecular flexibility index (Phi) is 3.90. The highest BCUT2D eigenvalue weighted by Gasteiger charge is 2.42. The molecule has 124 valence electrons. The second-order valence-electron chi connectivity index (χ2n) is 6.55. The van der Waals surface area contributed by atoms with Crippen LogP contribution >= 0.6 is 0 Å². The van der Waals surface area contributed by atoms with Crippen LogP contribution in [-0.4, -0.2) is 39.9 Å². The average Bonchev–Trinajstić information content (AvgIpc) is 3.18. The number of likely N-dealkylation sites (tertiary alicyclic amines) is 1. The summed E-state index contributed by atoms with van der Waals surface area (Å²) in [6.45, 7) is 1.58.